The minimum atomic E-state index is -3.33. The highest BCUT2D eigenvalue weighted by Crippen LogP contribution is 2.34. The van der Waals surface area contributed by atoms with Crippen LogP contribution >= 0.6 is 0 Å². The van der Waals surface area contributed by atoms with Crippen LogP contribution < -0.4 is 0 Å². The quantitative estimate of drug-likeness (QED) is 0.748. The van der Waals surface area contributed by atoms with Gasteiger partial charge in [0, 0.05) is 37.9 Å². The lowest BCUT2D eigenvalue weighted by molar-refractivity contribution is -0.130. The Morgan fingerprint density at radius 2 is 2.17 bits per heavy atom. The van der Waals surface area contributed by atoms with E-state index in [1.165, 1.54) is 12.8 Å². The maximum Gasteiger partial charge on any atom is 0.238 e. The van der Waals surface area contributed by atoms with Gasteiger partial charge in [0.2, 0.25) is 5.91 Å². The molecule has 1 aromatic rings. The minimum absolute atomic E-state index is 0.0419. The molecule has 128 valence electrons. The Morgan fingerprint density at radius 1 is 1.43 bits per heavy atom. The summed E-state index contributed by atoms with van der Waals surface area (Å²) in [7, 11) is -1.70. The average Bonchev–Trinajstić information content (AvgIpc) is 3.17. The molecule has 0 bridgehead atoms. The van der Waals surface area contributed by atoms with Crippen LogP contribution in [0.1, 0.15) is 30.0 Å². The first-order valence-corrected chi connectivity index (χ1v) is 9.92. The van der Waals surface area contributed by atoms with Crippen molar-refractivity contribution in [3.8, 4) is 0 Å². The molecule has 1 aliphatic heterocycles. The topological polar surface area (TPSA) is 81.5 Å². The van der Waals surface area contributed by atoms with Crippen LogP contribution in [0.3, 0.4) is 0 Å². The highest BCUT2D eigenvalue weighted by atomic mass is 32.2. The molecule has 1 aromatic heterocycles. The molecule has 0 N–H and O–H groups in total. The van der Waals surface area contributed by atoms with E-state index in [2.05, 4.69) is 5.10 Å². The molecule has 1 amide bonds. The molecule has 0 aromatic carbocycles. The number of sulfone groups is 1. The minimum Gasteiger partial charge on any atom is -0.384 e. The summed E-state index contributed by atoms with van der Waals surface area (Å²) >= 11 is 0. The lowest BCUT2D eigenvalue weighted by Gasteiger charge is -2.33. The van der Waals surface area contributed by atoms with Gasteiger partial charge in [-0.15, -0.1) is 0 Å². The monoisotopic (exact) mass is 341 g/mol. The maximum atomic E-state index is 12.3. The van der Waals surface area contributed by atoms with Crippen molar-refractivity contribution < 1.29 is 17.9 Å². The first-order valence-electron chi connectivity index (χ1n) is 7.86. The molecule has 0 spiro atoms. The highest BCUT2D eigenvalue weighted by Gasteiger charge is 2.33. The maximum absolute atomic E-state index is 12.3. The van der Waals surface area contributed by atoms with Crippen molar-refractivity contribution >= 4 is 15.7 Å². The Bertz CT molecular complexity index is 694. The molecule has 23 heavy (non-hydrogen) atoms. The normalized spacial score (nSPS) is 21.3. The summed E-state index contributed by atoms with van der Waals surface area (Å²) in [5.41, 5.74) is 2.14. The summed E-state index contributed by atoms with van der Waals surface area (Å²) in [5.74, 6) is -0.0701. The van der Waals surface area contributed by atoms with Gasteiger partial charge in [-0.05, 0) is 18.8 Å². The van der Waals surface area contributed by atoms with Gasteiger partial charge >= 0.3 is 0 Å². The standard InChI is InChI=1S/C15H23N3O4S/c1-22-9-12-7-17(15(19)10-23(2,20)21)8-14-13(12)5-16-18(14)6-11-3-4-11/h5,11-12H,3-4,6-10H2,1-2H3. The van der Waals surface area contributed by atoms with Crippen LogP contribution in [0, 0.1) is 5.92 Å². The third-order valence-corrected chi connectivity index (χ3v) is 5.21. The zero-order chi connectivity index (χ0) is 16.6. The second-order valence-corrected chi connectivity index (χ2v) is 8.81. The highest BCUT2D eigenvalue weighted by molar-refractivity contribution is 7.91. The number of amides is 1. The van der Waals surface area contributed by atoms with Crippen molar-refractivity contribution in [1.82, 2.24) is 14.7 Å². The third-order valence-electron chi connectivity index (χ3n) is 4.44. The van der Waals surface area contributed by atoms with Gasteiger partial charge in [0.05, 0.1) is 25.0 Å². The van der Waals surface area contributed by atoms with Crippen LogP contribution in [0.5, 0.6) is 0 Å². The molecule has 1 saturated carbocycles. The number of carbonyl (C=O) groups is 1. The Hall–Kier alpha value is -1.41. The predicted octanol–water partition coefficient (Wildman–Crippen LogP) is 0.410. The van der Waals surface area contributed by atoms with Gasteiger partial charge < -0.3 is 9.64 Å². The van der Waals surface area contributed by atoms with Gasteiger partial charge in [0.15, 0.2) is 9.84 Å². The summed E-state index contributed by atoms with van der Waals surface area (Å²) in [6.07, 6.45) is 5.42. The molecule has 0 radical (unpaired) electrons. The van der Waals surface area contributed by atoms with E-state index in [0.717, 1.165) is 24.1 Å². The summed E-state index contributed by atoms with van der Waals surface area (Å²) < 4.78 is 30.1. The van der Waals surface area contributed by atoms with Crippen molar-refractivity contribution in [1.29, 1.82) is 0 Å². The summed E-state index contributed by atoms with van der Waals surface area (Å²) in [6.45, 7) is 2.27. The van der Waals surface area contributed by atoms with E-state index in [1.54, 1.807) is 12.0 Å². The van der Waals surface area contributed by atoms with Gasteiger partial charge in [0.25, 0.3) is 0 Å². The lowest BCUT2D eigenvalue weighted by atomic mass is 9.95. The third kappa shape index (κ3) is 3.92. The van der Waals surface area contributed by atoms with Crippen molar-refractivity contribution in [2.75, 3.05) is 32.3 Å². The van der Waals surface area contributed by atoms with Gasteiger partial charge in [0.1, 0.15) is 5.75 Å². The Kier molecular flexibility index (Phi) is 4.46. The largest absolute Gasteiger partial charge is 0.384 e. The van der Waals surface area contributed by atoms with Gasteiger partial charge in [-0.2, -0.15) is 5.10 Å². The first-order chi connectivity index (χ1) is 10.9. The number of nitrogens with zero attached hydrogens (tertiary/aromatic N) is 3. The fourth-order valence-electron chi connectivity index (χ4n) is 3.10. The fourth-order valence-corrected chi connectivity index (χ4v) is 3.73. The zero-order valence-electron chi connectivity index (χ0n) is 13.6. The molecule has 1 aliphatic carbocycles. The van der Waals surface area contributed by atoms with Crippen LogP contribution in [-0.2, 0) is 32.5 Å². The molecule has 7 nitrogen and oxygen atoms in total. The van der Waals surface area contributed by atoms with Crippen molar-refractivity contribution in [3.63, 3.8) is 0 Å². The second-order valence-electron chi connectivity index (χ2n) is 6.67. The Morgan fingerprint density at radius 3 is 2.78 bits per heavy atom. The van der Waals surface area contributed by atoms with Gasteiger partial charge in [-0.3, -0.25) is 9.48 Å². The van der Waals surface area contributed by atoms with Crippen molar-refractivity contribution in [2.45, 2.75) is 31.8 Å². The summed E-state index contributed by atoms with van der Waals surface area (Å²) in [4.78, 5) is 13.9. The van der Waals surface area contributed by atoms with Gasteiger partial charge in [-0.25, -0.2) is 8.42 Å². The van der Waals surface area contributed by atoms with E-state index in [9.17, 15) is 13.2 Å². The second kappa shape index (κ2) is 6.24. The predicted molar refractivity (Wildman–Crippen MR) is 84.7 cm³/mol. The molecule has 1 atom stereocenters. The number of rotatable bonds is 6. The number of methoxy groups -OCH3 is 1. The van der Waals surface area contributed by atoms with Crippen LogP contribution in [0.25, 0.3) is 0 Å². The van der Waals surface area contributed by atoms with E-state index in [4.69, 9.17) is 4.74 Å². The van der Waals surface area contributed by atoms with Crippen LogP contribution in [0.15, 0.2) is 6.20 Å². The molecule has 1 fully saturated rings. The zero-order valence-corrected chi connectivity index (χ0v) is 14.4. The Balaban J connectivity index is 1.83. The summed E-state index contributed by atoms with van der Waals surface area (Å²) in [6, 6.07) is 0. The molecule has 2 heterocycles. The van der Waals surface area contributed by atoms with E-state index in [0.29, 0.717) is 25.6 Å². The Labute approximate surface area is 136 Å². The number of hydrogen-bond acceptors (Lipinski definition) is 5. The number of hydrogen-bond donors (Lipinski definition) is 0. The fraction of sp³-hybridized carbons (Fsp3) is 0.733. The number of ether oxygens (including phenoxy) is 1. The van der Waals surface area contributed by atoms with Crippen molar-refractivity contribution in [2.24, 2.45) is 5.92 Å². The summed E-state index contributed by atoms with van der Waals surface area (Å²) in [5, 5.41) is 4.48. The molecular weight excluding hydrogens is 318 g/mol. The smallest absolute Gasteiger partial charge is 0.238 e. The van der Waals surface area contributed by atoms with Gasteiger partial charge in [-0.1, -0.05) is 0 Å². The number of aromatic nitrogens is 2. The number of fused-ring (bicyclic) bond motifs is 1. The number of carbonyl (C=O) groups excluding carboxylic acids is 1. The van der Waals surface area contributed by atoms with Crippen LogP contribution in [0.2, 0.25) is 0 Å². The lowest BCUT2D eigenvalue weighted by Crippen LogP contribution is -2.42. The molecule has 3 rings (SSSR count). The van der Waals surface area contributed by atoms with Crippen molar-refractivity contribution in [3.05, 3.63) is 17.5 Å². The average molecular weight is 341 g/mol. The molecule has 1 unspecified atom stereocenters. The SMILES string of the molecule is COCC1CN(C(=O)CS(C)(=O)=O)Cc2c1cnn2CC1CC1. The van der Waals surface area contributed by atoms with E-state index in [1.807, 2.05) is 10.9 Å². The molecule has 0 saturated heterocycles. The van der Waals surface area contributed by atoms with Crippen LogP contribution in [-0.4, -0.2) is 61.3 Å². The molecule has 2 aliphatic rings. The first kappa shape index (κ1) is 16.4. The van der Waals surface area contributed by atoms with E-state index in [-0.39, 0.29) is 11.8 Å². The molecular formula is C15H23N3O4S. The van der Waals surface area contributed by atoms with E-state index >= 15 is 0 Å². The van der Waals surface area contributed by atoms with Crippen LogP contribution in [0.4, 0.5) is 0 Å². The molecule has 8 heteroatoms. The van der Waals surface area contributed by atoms with E-state index < -0.39 is 15.6 Å².